The van der Waals surface area contributed by atoms with Gasteiger partial charge in [-0.05, 0) is 43.5 Å². The van der Waals surface area contributed by atoms with Gasteiger partial charge in [-0.3, -0.25) is 4.79 Å². The molecule has 1 aliphatic rings. The maximum Gasteiger partial charge on any atom is 0.163 e. The van der Waals surface area contributed by atoms with E-state index in [1.165, 1.54) is 11.1 Å². The molecule has 102 valence electrons. The summed E-state index contributed by atoms with van der Waals surface area (Å²) in [6.45, 7) is 4.21. The van der Waals surface area contributed by atoms with Crippen molar-refractivity contribution in [2.75, 3.05) is 6.61 Å². The van der Waals surface area contributed by atoms with Crippen LogP contribution in [0.2, 0.25) is 0 Å². The number of hydrogen-bond acceptors (Lipinski definition) is 2. The Morgan fingerprint density at radius 1 is 1.25 bits per heavy atom. The summed E-state index contributed by atoms with van der Waals surface area (Å²) in [4.78, 5) is 11.7. The molecule has 20 heavy (non-hydrogen) atoms. The molecular weight excluding hydrogens is 248 g/mol. The number of benzene rings is 2. The van der Waals surface area contributed by atoms with Gasteiger partial charge in [0.25, 0.3) is 0 Å². The van der Waals surface area contributed by atoms with Crippen LogP contribution < -0.4 is 4.74 Å². The fourth-order valence-corrected chi connectivity index (χ4v) is 2.75. The van der Waals surface area contributed by atoms with Gasteiger partial charge in [-0.15, -0.1) is 0 Å². The zero-order chi connectivity index (χ0) is 14.1. The van der Waals surface area contributed by atoms with E-state index in [0.717, 1.165) is 12.0 Å². The van der Waals surface area contributed by atoms with Crippen LogP contribution in [0, 0.1) is 6.92 Å². The van der Waals surface area contributed by atoms with Crippen molar-refractivity contribution < 1.29 is 9.53 Å². The summed E-state index contributed by atoms with van der Waals surface area (Å²) in [5.74, 6) is 1.21. The first-order valence-corrected chi connectivity index (χ1v) is 6.97. The average molecular weight is 266 g/mol. The van der Waals surface area contributed by atoms with E-state index in [9.17, 15) is 4.79 Å². The number of ether oxygens (including phenoxy) is 1. The fraction of sp³-hybridized carbons (Fsp3) is 0.278. The van der Waals surface area contributed by atoms with Crippen LogP contribution in [0.3, 0.4) is 0 Å². The fourth-order valence-electron chi connectivity index (χ4n) is 2.75. The van der Waals surface area contributed by atoms with E-state index in [2.05, 4.69) is 24.3 Å². The van der Waals surface area contributed by atoms with Crippen molar-refractivity contribution in [2.24, 2.45) is 0 Å². The highest BCUT2D eigenvalue weighted by Gasteiger charge is 2.26. The molecule has 0 saturated heterocycles. The van der Waals surface area contributed by atoms with Crippen LogP contribution in [0.15, 0.2) is 42.5 Å². The Bertz CT molecular complexity index is 658. The van der Waals surface area contributed by atoms with Crippen molar-refractivity contribution in [3.05, 3.63) is 64.7 Å². The lowest BCUT2D eigenvalue weighted by atomic mass is 9.78. The second kappa shape index (κ2) is 5.12. The van der Waals surface area contributed by atoms with Gasteiger partial charge in [-0.25, -0.2) is 0 Å². The Balaban J connectivity index is 1.73. The van der Waals surface area contributed by atoms with Crippen LogP contribution >= 0.6 is 0 Å². The summed E-state index contributed by atoms with van der Waals surface area (Å²) in [5.41, 5.74) is 4.55. The van der Waals surface area contributed by atoms with E-state index in [0.29, 0.717) is 23.8 Å². The van der Waals surface area contributed by atoms with Crippen molar-refractivity contribution in [2.45, 2.75) is 26.2 Å². The minimum Gasteiger partial charge on any atom is -0.492 e. The molecule has 2 nitrogen and oxygen atoms in total. The lowest BCUT2D eigenvalue weighted by Crippen LogP contribution is -2.23. The highest BCUT2D eigenvalue weighted by molar-refractivity contribution is 5.97. The standard InChI is InChI=1S/C18H18O2/c1-12-7-8-18(17(9-12)13(2)19)20-11-15-10-14-5-3-4-6-16(14)15/h3-9,15H,10-11H2,1-2H3. The number of carbonyl (C=O) groups excluding carboxylic acids is 1. The molecule has 2 aromatic carbocycles. The van der Waals surface area contributed by atoms with Gasteiger partial charge >= 0.3 is 0 Å². The molecule has 0 N–H and O–H groups in total. The summed E-state index contributed by atoms with van der Waals surface area (Å²) in [5, 5.41) is 0. The Morgan fingerprint density at radius 2 is 2.05 bits per heavy atom. The smallest absolute Gasteiger partial charge is 0.163 e. The highest BCUT2D eigenvalue weighted by Crippen LogP contribution is 2.35. The van der Waals surface area contributed by atoms with E-state index >= 15 is 0 Å². The predicted molar refractivity (Wildman–Crippen MR) is 79.6 cm³/mol. The minimum absolute atomic E-state index is 0.0534. The molecule has 2 aromatic rings. The monoisotopic (exact) mass is 266 g/mol. The molecule has 0 radical (unpaired) electrons. The van der Waals surface area contributed by atoms with Crippen molar-refractivity contribution in [1.82, 2.24) is 0 Å². The lowest BCUT2D eigenvalue weighted by molar-refractivity contribution is 0.101. The lowest BCUT2D eigenvalue weighted by Gasteiger charge is -2.30. The maximum atomic E-state index is 11.7. The van der Waals surface area contributed by atoms with Gasteiger partial charge in [0, 0.05) is 5.92 Å². The van der Waals surface area contributed by atoms with E-state index in [4.69, 9.17) is 4.74 Å². The minimum atomic E-state index is 0.0534. The number of rotatable bonds is 4. The van der Waals surface area contributed by atoms with Crippen LogP contribution in [0.1, 0.15) is 39.9 Å². The van der Waals surface area contributed by atoms with Gasteiger partial charge < -0.3 is 4.74 Å². The first-order valence-electron chi connectivity index (χ1n) is 6.97. The zero-order valence-electron chi connectivity index (χ0n) is 11.8. The number of Topliss-reactive ketones (excluding diaryl/α,β-unsaturated/α-hetero) is 1. The van der Waals surface area contributed by atoms with Gasteiger partial charge in [0.2, 0.25) is 0 Å². The first-order chi connectivity index (χ1) is 9.65. The van der Waals surface area contributed by atoms with E-state index in [-0.39, 0.29) is 5.78 Å². The average Bonchev–Trinajstić information content (AvgIpc) is 2.41. The number of aryl methyl sites for hydroxylation is 1. The summed E-state index contributed by atoms with van der Waals surface area (Å²) in [6, 6.07) is 14.2. The van der Waals surface area contributed by atoms with Crippen molar-refractivity contribution >= 4 is 5.78 Å². The number of ketones is 1. The topological polar surface area (TPSA) is 26.3 Å². The van der Waals surface area contributed by atoms with Crippen LogP contribution in [0.25, 0.3) is 0 Å². The van der Waals surface area contributed by atoms with Gasteiger partial charge in [-0.2, -0.15) is 0 Å². The molecule has 0 aromatic heterocycles. The van der Waals surface area contributed by atoms with Gasteiger partial charge in [0.05, 0.1) is 12.2 Å². The molecule has 2 heteroatoms. The Labute approximate surface area is 119 Å². The van der Waals surface area contributed by atoms with Crippen LogP contribution in [0.4, 0.5) is 0 Å². The molecule has 1 atom stereocenters. The number of hydrogen-bond donors (Lipinski definition) is 0. The normalized spacial score (nSPS) is 16.2. The SMILES string of the molecule is CC(=O)c1cc(C)ccc1OCC1Cc2ccccc21. The molecule has 0 spiro atoms. The molecule has 0 heterocycles. The van der Waals surface area contributed by atoms with E-state index in [1.54, 1.807) is 6.92 Å². The molecule has 0 amide bonds. The van der Waals surface area contributed by atoms with Crippen LogP contribution in [0.5, 0.6) is 5.75 Å². The molecule has 0 saturated carbocycles. The van der Waals surface area contributed by atoms with Crippen molar-refractivity contribution in [3.63, 3.8) is 0 Å². The van der Waals surface area contributed by atoms with Gasteiger partial charge in [0.1, 0.15) is 5.75 Å². The Hall–Kier alpha value is -2.09. The summed E-state index contributed by atoms with van der Waals surface area (Å²) in [6.07, 6.45) is 1.07. The van der Waals surface area contributed by atoms with Crippen LogP contribution in [-0.2, 0) is 6.42 Å². The summed E-state index contributed by atoms with van der Waals surface area (Å²) < 4.78 is 5.89. The molecule has 1 unspecified atom stereocenters. The van der Waals surface area contributed by atoms with Crippen LogP contribution in [-0.4, -0.2) is 12.4 Å². The third-order valence-electron chi connectivity index (χ3n) is 3.92. The molecule has 0 aliphatic heterocycles. The molecule has 1 aliphatic carbocycles. The molecule has 3 rings (SSSR count). The third-order valence-corrected chi connectivity index (χ3v) is 3.92. The van der Waals surface area contributed by atoms with Gasteiger partial charge in [0.15, 0.2) is 5.78 Å². The maximum absolute atomic E-state index is 11.7. The Kier molecular flexibility index (Phi) is 3.31. The molecule has 0 bridgehead atoms. The second-order valence-electron chi connectivity index (χ2n) is 5.47. The number of carbonyl (C=O) groups is 1. The second-order valence-corrected chi connectivity index (χ2v) is 5.47. The summed E-state index contributed by atoms with van der Waals surface area (Å²) >= 11 is 0. The molecular formula is C18H18O2. The zero-order valence-corrected chi connectivity index (χ0v) is 11.8. The highest BCUT2D eigenvalue weighted by atomic mass is 16.5. The third kappa shape index (κ3) is 2.34. The van der Waals surface area contributed by atoms with E-state index < -0.39 is 0 Å². The largest absolute Gasteiger partial charge is 0.492 e. The van der Waals surface area contributed by atoms with E-state index in [1.807, 2.05) is 25.1 Å². The molecule has 0 fully saturated rings. The Morgan fingerprint density at radius 3 is 2.80 bits per heavy atom. The summed E-state index contributed by atoms with van der Waals surface area (Å²) in [7, 11) is 0. The predicted octanol–water partition coefficient (Wildman–Crippen LogP) is 3.92. The number of fused-ring (bicyclic) bond motifs is 1. The van der Waals surface area contributed by atoms with Gasteiger partial charge in [-0.1, -0.05) is 35.9 Å². The quantitative estimate of drug-likeness (QED) is 0.784. The first kappa shape index (κ1) is 12.9. The van der Waals surface area contributed by atoms with Crippen molar-refractivity contribution in [1.29, 1.82) is 0 Å². The van der Waals surface area contributed by atoms with Crippen molar-refractivity contribution in [3.8, 4) is 5.75 Å².